The van der Waals surface area contributed by atoms with Crippen molar-refractivity contribution in [3.63, 3.8) is 0 Å². The summed E-state index contributed by atoms with van der Waals surface area (Å²) in [5, 5.41) is 4.96. The van der Waals surface area contributed by atoms with Crippen molar-refractivity contribution in [1.29, 1.82) is 0 Å². The van der Waals surface area contributed by atoms with Crippen molar-refractivity contribution in [2.45, 2.75) is 52.4 Å². The lowest BCUT2D eigenvalue weighted by Gasteiger charge is -2.28. The van der Waals surface area contributed by atoms with E-state index in [1.807, 2.05) is 0 Å². The molecular formula is C66H54N2. The summed E-state index contributed by atoms with van der Waals surface area (Å²) in [6.45, 7) is 13.9. The summed E-state index contributed by atoms with van der Waals surface area (Å²) in [7, 11) is 0. The van der Waals surface area contributed by atoms with Gasteiger partial charge >= 0.3 is 0 Å². The summed E-state index contributed by atoms with van der Waals surface area (Å²) >= 11 is 0. The molecule has 0 fully saturated rings. The molecule has 0 saturated heterocycles. The van der Waals surface area contributed by atoms with Gasteiger partial charge in [0.05, 0.1) is 0 Å². The number of hydrogen-bond donors (Lipinski definition) is 0. The molecule has 2 aliphatic rings. The molecule has 2 aliphatic carbocycles. The van der Waals surface area contributed by atoms with Gasteiger partial charge < -0.3 is 9.80 Å². The van der Waals surface area contributed by atoms with E-state index >= 15 is 0 Å². The lowest BCUT2D eigenvalue weighted by molar-refractivity contribution is 0.660. The molecule has 0 spiro atoms. The summed E-state index contributed by atoms with van der Waals surface area (Å²) in [4.78, 5) is 4.82. The summed E-state index contributed by atoms with van der Waals surface area (Å²) < 4.78 is 0. The van der Waals surface area contributed by atoms with Crippen molar-refractivity contribution >= 4 is 67.8 Å². The molecule has 0 radical (unpaired) electrons. The first-order chi connectivity index (χ1) is 33.0. The first-order valence-corrected chi connectivity index (χ1v) is 24.0. The van der Waals surface area contributed by atoms with Gasteiger partial charge in [-0.3, -0.25) is 0 Å². The molecule has 0 N–H and O–H groups in total. The Hall–Kier alpha value is -7.94. The SMILES string of the molecule is Cc1cccc(N(c2ccc3c(c2)C(C)(C)c2cc(/C=C/c4ccc5c(c4)C(C)(C)c4cc(N(c6cccc(C)c6)c6ccc7ccccc7c6)ccc4-5)ccc2-3)c2ccc3ccccc3c2)c1. The Morgan fingerprint density at radius 2 is 0.632 bits per heavy atom. The van der Waals surface area contributed by atoms with Crippen LogP contribution >= 0.6 is 0 Å². The number of fused-ring (bicyclic) bond motifs is 8. The van der Waals surface area contributed by atoms with E-state index in [2.05, 4.69) is 270 Å². The normalized spacial score (nSPS) is 13.9. The van der Waals surface area contributed by atoms with E-state index in [0.29, 0.717) is 0 Å². The monoisotopic (exact) mass is 874 g/mol. The van der Waals surface area contributed by atoms with Crippen LogP contribution in [0, 0.1) is 13.8 Å². The van der Waals surface area contributed by atoms with Crippen LogP contribution < -0.4 is 9.80 Å². The van der Waals surface area contributed by atoms with Crippen LogP contribution in [0.2, 0.25) is 0 Å². The molecule has 12 rings (SSSR count). The Labute approximate surface area is 401 Å². The van der Waals surface area contributed by atoms with E-state index in [0.717, 1.165) is 34.1 Å². The summed E-state index contributed by atoms with van der Waals surface area (Å²) in [5.41, 5.74) is 22.2. The van der Waals surface area contributed by atoms with E-state index in [9.17, 15) is 0 Å². The zero-order valence-electron chi connectivity index (χ0n) is 39.7. The summed E-state index contributed by atoms with van der Waals surface area (Å²) in [5.74, 6) is 0. The van der Waals surface area contributed by atoms with Crippen molar-refractivity contribution in [3.05, 3.63) is 251 Å². The molecule has 0 unspecified atom stereocenters. The summed E-state index contributed by atoms with van der Waals surface area (Å²) in [6.07, 6.45) is 4.59. The standard InChI is InChI=1S/C66H54N2/c1-43-13-11-19-51(35-43)67(53-27-25-47-15-7-9-17-49(47)39-53)55-29-33-59-57-31-23-45(37-61(57)65(3,4)63(59)41-55)21-22-46-24-32-58-60-34-30-56(42-64(60)66(5,6)62(58)38-46)68(52-20-12-14-44(2)36-52)54-28-26-48-16-8-10-18-50(48)40-54/h7-42H,1-6H3/b22-21+. The minimum atomic E-state index is -0.183. The molecule has 0 heterocycles. The van der Waals surface area contributed by atoms with Gasteiger partial charge in [-0.25, -0.2) is 0 Å². The van der Waals surface area contributed by atoms with E-state index in [4.69, 9.17) is 0 Å². The van der Waals surface area contributed by atoms with Gasteiger partial charge in [-0.2, -0.15) is 0 Å². The van der Waals surface area contributed by atoms with Crippen LogP contribution in [0.1, 0.15) is 72.2 Å². The second-order valence-corrected chi connectivity index (χ2v) is 20.1. The van der Waals surface area contributed by atoms with Gasteiger partial charge in [-0.15, -0.1) is 0 Å². The van der Waals surface area contributed by atoms with Gasteiger partial charge in [0.2, 0.25) is 0 Å². The van der Waals surface area contributed by atoms with E-state index < -0.39 is 0 Å². The molecule has 68 heavy (non-hydrogen) atoms. The number of anilines is 6. The largest absolute Gasteiger partial charge is 0.310 e. The number of benzene rings is 10. The molecule has 2 heteroatoms. The van der Waals surface area contributed by atoms with Crippen LogP contribution in [0.15, 0.2) is 206 Å². The molecular weight excluding hydrogens is 821 g/mol. The molecule has 0 aliphatic heterocycles. The molecule has 2 nitrogen and oxygen atoms in total. The molecule has 0 bridgehead atoms. The van der Waals surface area contributed by atoms with Crippen LogP contribution in [0.4, 0.5) is 34.1 Å². The third-order valence-corrected chi connectivity index (χ3v) is 14.9. The number of nitrogens with zero attached hydrogens (tertiary/aromatic N) is 2. The smallest absolute Gasteiger partial charge is 0.0468 e. The highest BCUT2D eigenvalue weighted by Crippen LogP contribution is 2.53. The van der Waals surface area contributed by atoms with Crippen molar-refractivity contribution in [2.75, 3.05) is 9.80 Å². The predicted octanol–water partition coefficient (Wildman–Crippen LogP) is 18.3. The van der Waals surface area contributed by atoms with Gasteiger partial charge in [-0.05, 0) is 175 Å². The average molecular weight is 875 g/mol. The molecule has 0 saturated carbocycles. The highest BCUT2D eigenvalue weighted by Gasteiger charge is 2.38. The Morgan fingerprint density at radius 3 is 1.04 bits per heavy atom. The summed E-state index contributed by atoms with van der Waals surface area (Å²) in [6, 6.07) is 76.7. The fraction of sp³-hybridized carbons (Fsp3) is 0.121. The Bertz CT molecular complexity index is 3440. The van der Waals surface area contributed by atoms with Crippen molar-refractivity contribution < 1.29 is 0 Å². The van der Waals surface area contributed by atoms with Gasteiger partial charge in [-0.1, -0.05) is 173 Å². The Kier molecular flexibility index (Phi) is 9.67. The minimum Gasteiger partial charge on any atom is -0.310 e. The van der Waals surface area contributed by atoms with Crippen LogP contribution in [0.25, 0.3) is 56.0 Å². The topological polar surface area (TPSA) is 6.48 Å². The van der Waals surface area contributed by atoms with Crippen molar-refractivity contribution in [3.8, 4) is 22.3 Å². The van der Waals surface area contributed by atoms with Crippen LogP contribution in [0.3, 0.4) is 0 Å². The minimum absolute atomic E-state index is 0.183. The lowest BCUT2D eigenvalue weighted by Crippen LogP contribution is -2.17. The maximum atomic E-state index is 2.43. The fourth-order valence-corrected chi connectivity index (χ4v) is 11.2. The molecule has 0 amide bonds. The number of aryl methyl sites for hydroxylation is 2. The van der Waals surface area contributed by atoms with Crippen LogP contribution in [-0.2, 0) is 10.8 Å². The third kappa shape index (κ3) is 6.94. The molecule has 0 aromatic heterocycles. The Morgan fingerprint density at radius 1 is 0.294 bits per heavy atom. The number of rotatable bonds is 8. The quantitative estimate of drug-likeness (QED) is 0.140. The number of hydrogen-bond acceptors (Lipinski definition) is 2. The van der Waals surface area contributed by atoms with E-state index in [-0.39, 0.29) is 10.8 Å². The van der Waals surface area contributed by atoms with Gasteiger partial charge in [0, 0.05) is 45.0 Å². The molecule has 0 atom stereocenters. The average Bonchev–Trinajstić information content (AvgIpc) is 3.71. The van der Waals surface area contributed by atoms with Crippen LogP contribution in [-0.4, -0.2) is 0 Å². The van der Waals surface area contributed by atoms with Gasteiger partial charge in [0.1, 0.15) is 0 Å². The van der Waals surface area contributed by atoms with Gasteiger partial charge in [0.15, 0.2) is 0 Å². The van der Waals surface area contributed by atoms with Crippen LogP contribution in [0.5, 0.6) is 0 Å². The highest BCUT2D eigenvalue weighted by molar-refractivity contribution is 5.93. The van der Waals surface area contributed by atoms with Crippen molar-refractivity contribution in [1.82, 2.24) is 0 Å². The lowest BCUT2D eigenvalue weighted by atomic mass is 9.81. The van der Waals surface area contributed by atoms with Crippen molar-refractivity contribution in [2.24, 2.45) is 0 Å². The zero-order chi connectivity index (χ0) is 46.3. The first-order valence-electron chi connectivity index (χ1n) is 24.0. The second-order valence-electron chi connectivity index (χ2n) is 20.1. The van der Waals surface area contributed by atoms with E-state index in [1.54, 1.807) is 0 Å². The molecule has 10 aromatic rings. The maximum absolute atomic E-state index is 2.43. The zero-order valence-corrected chi connectivity index (χ0v) is 39.7. The fourth-order valence-electron chi connectivity index (χ4n) is 11.2. The van der Waals surface area contributed by atoms with E-state index in [1.165, 1.54) is 88.3 Å². The van der Waals surface area contributed by atoms with Gasteiger partial charge in [0.25, 0.3) is 0 Å². The highest BCUT2D eigenvalue weighted by atomic mass is 15.1. The maximum Gasteiger partial charge on any atom is 0.0468 e. The third-order valence-electron chi connectivity index (χ3n) is 14.9. The predicted molar refractivity (Wildman–Crippen MR) is 291 cm³/mol. The molecule has 10 aromatic carbocycles. The molecule has 328 valence electrons. The Balaban J connectivity index is 0.846. The second kappa shape index (κ2) is 15.9. The first kappa shape index (κ1) is 41.5.